The predicted octanol–water partition coefficient (Wildman–Crippen LogP) is 4.03. The normalized spacial score (nSPS) is 10.9. The number of hydrogen-bond acceptors (Lipinski definition) is 3. The van der Waals surface area contributed by atoms with Crippen LogP contribution in [-0.2, 0) is 6.54 Å². The van der Waals surface area contributed by atoms with E-state index in [-0.39, 0.29) is 0 Å². The molecule has 0 spiro atoms. The Morgan fingerprint density at radius 1 is 0.917 bits per heavy atom. The highest BCUT2D eigenvalue weighted by Gasteiger charge is 2.16. The van der Waals surface area contributed by atoms with Crippen LogP contribution in [0.1, 0.15) is 5.69 Å². The minimum Gasteiger partial charge on any atom is -0.369 e. The summed E-state index contributed by atoms with van der Waals surface area (Å²) >= 11 is 0. The number of rotatable bonds is 4. The first-order valence-electron chi connectivity index (χ1n) is 7.96. The van der Waals surface area contributed by atoms with E-state index in [1.54, 1.807) is 6.20 Å². The molecule has 0 radical (unpaired) electrons. The average molecular weight is 314 g/mol. The van der Waals surface area contributed by atoms with Crippen LogP contribution >= 0.6 is 0 Å². The van der Waals surface area contributed by atoms with E-state index in [2.05, 4.69) is 57.7 Å². The van der Waals surface area contributed by atoms with Gasteiger partial charge in [0.05, 0.1) is 17.9 Å². The second-order valence-corrected chi connectivity index (χ2v) is 5.75. The van der Waals surface area contributed by atoms with Crippen molar-refractivity contribution in [2.75, 3.05) is 11.9 Å². The van der Waals surface area contributed by atoms with Crippen LogP contribution in [-0.4, -0.2) is 21.4 Å². The fourth-order valence-electron chi connectivity index (χ4n) is 2.91. The van der Waals surface area contributed by atoms with Gasteiger partial charge in [0, 0.05) is 30.7 Å². The Hall–Kier alpha value is -3.14. The summed E-state index contributed by atoms with van der Waals surface area (Å²) in [7, 11) is 2.10. The van der Waals surface area contributed by atoms with Gasteiger partial charge in [0.1, 0.15) is 0 Å². The van der Waals surface area contributed by atoms with Gasteiger partial charge in [-0.15, -0.1) is 0 Å². The van der Waals surface area contributed by atoms with Crippen molar-refractivity contribution in [2.45, 2.75) is 6.54 Å². The zero-order valence-electron chi connectivity index (χ0n) is 13.5. The van der Waals surface area contributed by atoms with E-state index in [9.17, 15) is 0 Å². The topological polar surface area (TPSA) is 33.4 Å². The summed E-state index contributed by atoms with van der Waals surface area (Å²) in [6, 6.07) is 22.6. The lowest BCUT2D eigenvalue weighted by Gasteiger charge is -2.19. The molecule has 0 fully saturated rings. The Morgan fingerprint density at radius 2 is 1.62 bits per heavy atom. The fraction of sp³-hybridized carbons (Fsp3) is 0.100. The third-order valence-corrected chi connectivity index (χ3v) is 4.13. The predicted molar refractivity (Wildman–Crippen MR) is 97.0 cm³/mol. The Labute approximate surface area is 141 Å². The van der Waals surface area contributed by atoms with E-state index >= 15 is 0 Å². The summed E-state index contributed by atoms with van der Waals surface area (Å²) in [5.74, 6) is 0.729. The van der Waals surface area contributed by atoms with Gasteiger partial charge in [-0.1, -0.05) is 48.5 Å². The molecule has 0 amide bonds. The van der Waals surface area contributed by atoms with Crippen molar-refractivity contribution in [3.8, 4) is 11.3 Å². The molecular formula is C20H18N4. The van der Waals surface area contributed by atoms with Crippen LogP contribution < -0.4 is 4.90 Å². The standard InChI is InChI=1S/C20H18N4/c1-23(17-11-6-3-7-12-17)15-18-19(16-9-4-2-5-10-16)22-20-21-13-8-14-24(18)20/h2-14H,15H2,1H3. The van der Waals surface area contributed by atoms with Crippen LogP contribution in [0, 0.1) is 0 Å². The fourth-order valence-corrected chi connectivity index (χ4v) is 2.91. The van der Waals surface area contributed by atoms with Gasteiger partial charge >= 0.3 is 0 Å². The second kappa shape index (κ2) is 6.16. The molecule has 4 nitrogen and oxygen atoms in total. The van der Waals surface area contributed by atoms with Crippen molar-refractivity contribution >= 4 is 11.5 Å². The molecular weight excluding hydrogens is 296 g/mol. The largest absolute Gasteiger partial charge is 0.369 e. The molecule has 0 bridgehead atoms. The minimum absolute atomic E-state index is 0.729. The molecule has 2 heterocycles. The second-order valence-electron chi connectivity index (χ2n) is 5.75. The summed E-state index contributed by atoms with van der Waals surface area (Å²) in [4.78, 5) is 11.4. The number of para-hydroxylation sites is 1. The number of aromatic nitrogens is 3. The van der Waals surface area contributed by atoms with Gasteiger partial charge in [-0.2, -0.15) is 0 Å². The van der Waals surface area contributed by atoms with Gasteiger partial charge in [0.2, 0.25) is 5.78 Å². The highest BCUT2D eigenvalue weighted by atomic mass is 15.2. The molecule has 0 aliphatic carbocycles. The quantitative estimate of drug-likeness (QED) is 0.570. The van der Waals surface area contributed by atoms with Crippen molar-refractivity contribution in [3.63, 3.8) is 0 Å². The third kappa shape index (κ3) is 2.63. The van der Waals surface area contributed by atoms with Gasteiger partial charge in [0.15, 0.2) is 0 Å². The summed E-state index contributed by atoms with van der Waals surface area (Å²) in [5, 5.41) is 0. The maximum absolute atomic E-state index is 4.75. The Kier molecular flexibility index (Phi) is 3.71. The van der Waals surface area contributed by atoms with Crippen LogP contribution in [0.25, 0.3) is 17.0 Å². The molecule has 0 saturated carbocycles. The average Bonchev–Trinajstić information content (AvgIpc) is 3.02. The lowest BCUT2D eigenvalue weighted by Crippen LogP contribution is -2.18. The van der Waals surface area contributed by atoms with Crippen molar-refractivity contribution < 1.29 is 0 Å². The Bertz CT molecular complexity index is 945. The Balaban J connectivity index is 1.81. The van der Waals surface area contributed by atoms with Crippen LogP contribution in [0.2, 0.25) is 0 Å². The van der Waals surface area contributed by atoms with Crippen LogP contribution in [0.3, 0.4) is 0 Å². The van der Waals surface area contributed by atoms with Crippen molar-refractivity contribution in [3.05, 3.63) is 84.8 Å². The maximum Gasteiger partial charge on any atom is 0.234 e. The Morgan fingerprint density at radius 3 is 2.38 bits per heavy atom. The monoisotopic (exact) mass is 314 g/mol. The van der Waals surface area contributed by atoms with E-state index in [1.165, 1.54) is 5.69 Å². The number of imidazole rings is 1. The van der Waals surface area contributed by atoms with E-state index in [0.717, 1.165) is 29.3 Å². The number of hydrogen-bond donors (Lipinski definition) is 0. The summed E-state index contributed by atoms with van der Waals surface area (Å²) in [5.41, 5.74) is 4.41. The zero-order valence-corrected chi connectivity index (χ0v) is 13.5. The molecule has 4 aromatic rings. The lowest BCUT2D eigenvalue weighted by atomic mass is 10.1. The SMILES string of the molecule is CN(Cc1c(-c2ccccc2)nc2ncccn12)c1ccccc1. The van der Waals surface area contributed by atoms with Crippen molar-refractivity contribution in [1.82, 2.24) is 14.4 Å². The summed E-state index contributed by atoms with van der Waals surface area (Å²) in [6.45, 7) is 0.751. The van der Waals surface area contributed by atoms with Gasteiger partial charge in [-0.05, 0) is 18.2 Å². The molecule has 0 unspecified atom stereocenters. The first kappa shape index (κ1) is 14.5. The number of benzene rings is 2. The number of nitrogens with zero attached hydrogens (tertiary/aromatic N) is 4. The maximum atomic E-state index is 4.75. The summed E-state index contributed by atoms with van der Waals surface area (Å²) in [6.07, 6.45) is 3.80. The zero-order chi connectivity index (χ0) is 16.4. The molecule has 118 valence electrons. The first-order valence-corrected chi connectivity index (χ1v) is 7.96. The first-order chi connectivity index (χ1) is 11.8. The van der Waals surface area contributed by atoms with E-state index in [1.807, 2.05) is 36.5 Å². The van der Waals surface area contributed by atoms with Gasteiger partial charge in [-0.3, -0.25) is 4.40 Å². The van der Waals surface area contributed by atoms with Crippen molar-refractivity contribution in [1.29, 1.82) is 0 Å². The number of anilines is 1. The van der Waals surface area contributed by atoms with Crippen LogP contribution in [0.4, 0.5) is 5.69 Å². The van der Waals surface area contributed by atoms with E-state index in [4.69, 9.17) is 4.98 Å². The lowest BCUT2D eigenvalue weighted by molar-refractivity contribution is 0.868. The molecule has 4 rings (SSSR count). The molecule has 0 saturated heterocycles. The molecule has 0 aliphatic rings. The molecule has 0 atom stereocenters. The molecule has 0 N–H and O–H groups in total. The molecule has 4 heteroatoms. The molecule has 24 heavy (non-hydrogen) atoms. The van der Waals surface area contributed by atoms with Gasteiger partial charge in [-0.25, -0.2) is 9.97 Å². The van der Waals surface area contributed by atoms with E-state index in [0.29, 0.717) is 0 Å². The van der Waals surface area contributed by atoms with Crippen molar-refractivity contribution in [2.24, 2.45) is 0 Å². The van der Waals surface area contributed by atoms with Gasteiger partial charge < -0.3 is 4.90 Å². The smallest absolute Gasteiger partial charge is 0.234 e. The number of fused-ring (bicyclic) bond motifs is 1. The molecule has 2 aromatic carbocycles. The molecule has 2 aromatic heterocycles. The third-order valence-electron chi connectivity index (χ3n) is 4.13. The van der Waals surface area contributed by atoms with E-state index < -0.39 is 0 Å². The molecule has 0 aliphatic heterocycles. The minimum atomic E-state index is 0.729. The summed E-state index contributed by atoms with van der Waals surface area (Å²) < 4.78 is 2.07. The highest BCUT2D eigenvalue weighted by molar-refractivity contribution is 5.66. The highest BCUT2D eigenvalue weighted by Crippen LogP contribution is 2.26. The van der Waals surface area contributed by atoms with Crippen LogP contribution in [0.15, 0.2) is 79.1 Å². The van der Waals surface area contributed by atoms with Gasteiger partial charge in [0.25, 0.3) is 0 Å². The van der Waals surface area contributed by atoms with Crippen LogP contribution in [0.5, 0.6) is 0 Å².